The number of rotatable bonds is 2. The Bertz CT molecular complexity index is 257. The lowest BCUT2D eigenvalue weighted by atomic mass is 9.79. The molecule has 1 aliphatic heterocycles. The topological polar surface area (TPSA) is 41.6 Å². The summed E-state index contributed by atoms with van der Waals surface area (Å²) in [7, 11) is 1.42. The van der Waals surface area contributed by atoms with Gasteiger partial charge in [-0.3, -0.25) is 4.90 Å². The zero-order chi connectivity index (χ0) is 11.5. The Labute approximate surface area is 97.3 Å². The van der Waals surface area contributed by atoms with Gasteiger partial charge < -0.3 is 10.1 Å². The molecule has 1 saturated carbocycles. The molecule has 1 aliphatic carbocycles. The van der Waals surface area contributed by atoms with Crippen LogP contribution in [0.25, 0.3) is 0 Å². The quantitative estimate of drug-likeness (QED) is 0.777. The molecular weight excluding hydrogens is 204 g/mol. The van der Waals surface area contributed by atoms with E-state index >= 15 is 0 Å². The average molecular weight is 226 g/mol. The van der Waals surface area contributed by atoms with Crippen LogP contribution in [0.2, 0.25) is 0 Å². The van der Waals surface area contributed by atoms with Crippen LogP contribution in [-0.4, -0.2) is 43.3 Å². The van der Waals surface area contributed by atoms with Crippen LogP contribution >= 0.6 is 0 Å². The number of hydrogen-bond donors (Lipinski definition) is 1. The van der Waals surface area contributed by atoms with Crippen LogP contribution < -0.4 is 5.32 Å². The molecule has 2 aliphatic rings. The van der Waals surface area contributed by atoms with Gasteiger partial charge in [0.15, 0.2) is 0 Å². The monoisotopic (exact) mass is 226 g/mol. The molecule has 2 rings (SSSR count). The predicted octanol–water partition coefficient (Wildman–Crippen LogP) is 1.61. The Morgan fingerprint density at radius 3 is 2.75 bits per heavy atom. The fourth-order valence-corrected chi connectivity index (χ4v) is 2.84. The summed E-state index contributed by atoms with van der Waals surface area (Å²) in [6.45, 7) is 4.50. The van der Waals surface area contributed by atoms with E-state index in [2.05, 4.69) is 21.9 Å². The summed E-state index contributed by atoms with van der Waals surface area (Å²) in [6, 6.07) is 1.02. The van der Waals surface area contributed by atoms with E-state index in [4.69, 9.17) is 0 Å². The van der Waals surface area contributed by atoms with E-state index in [-0.39, 0.29) is 12.1 Å². The molecule has 2 fully saturated rings. The first kappa shape index (κ1) is 11.7. The van der Waals surface area contributed by atoms with Gasteiger partial charge in [-0.1, -0.05) is 6.92 Å². The molecule has 0 aromatic heterocycles. The molecule has 4 heteroatoms. The highest BCUT2D eigenvalue weighted by Crippen LogP contribution is 2.33. The Kier molecular flexibility index (Phi) is 3.69. The Balaban J connectivity index is 1.81. The van der Waals surface area contributed by atoms with Crippen molar-refractivity contribution in [1.29, 1.82) is 0 Å². The lowest BCUT2D eigenvalue weighted by Crippen LogP contribution is -2.55. The van der Waals surface area contributed by atoms with Crippen molar-refractivity contribution in [2.24, 2.45) is 5.92 Å². The number of carbonyl (C=O) groups is 1. The van der Waals surface area contributed by atoms with Crippen molar-refractivity contribution in [1.82, 2.24) is 10.2 Å². The number of carbonyl (C=O) groups excluding carboxylic acids is 1. The largest absolute Gasteiger partial charge is 0.453 e. The van der Waals surface area contributed by atoms with E-state index < -0.39 is 0 Å². The average Bonchev–Trinajstić information content (AvgIpc) is 2.27. The van der Waals surface area contributed by atoms with Crippen molar-refractivity contribution in [2.75, 3.05) is 20.2 Å². The summed E-state index contributed by atoms with van der Waals surface area (Å²) >= 11 is 0. The third-order valence-corrected chi connectivity index (χ3v) is 4.00. The van der Waals surface area contributed by atoms with E-state index in [1.807, 2.05) is 0 Å². The number of methoxy groups -OCH3 is 1. The number of alkyl carbamates (subject to hydrolysis) is 1. The fraction of sp³-hybridized carbons (Fsp3) is 0.917. The van der Waals surface area contributed by atoms with Gasteiger partial charge in [-0.2, -0.15) is 0 Å². The van der Waals surface area contributed by atoms with Gasteiger partial charge in [0.25, 0.3) is 0 Å². The van der Waals surface area contributed by atoms with E-state index in [0.29, 0.717) is 0 Å². The van der Waals surface area contributed by atoms with E-state index in [1.54, 1.807) is 0 Å². The SMILES string of the molecule is COC(=O)NC1CCCN(C2CCC2C)C1. The van der Waals surface area contributed by atoms with Gasteiger partial charge >= 0.3 is 6.09 Å². The lowest BCUT2D eigenvalue weighted by molar-refractivity contribution is 0.0437. The standard InChI is InChI=1S/C12H22N2O2/c1-9-5-6-11(9)14-7-3-4-10(8-14)13-12(15)16-2/h9-11H,3-8H2,1-2H3,(H,13,15). The third-order valence-electron chi connectivity index (χ3n) is 4.00. The van der Waals surface area contributed by atoms with Crippen LogP contribution in [-0.2, 0) is 4.74 Å². The maximum Gasteiger partial charge on any atom is 0.407 e. The molecule has 1 saturated heterocycles. The predicted molar refractivity (Wildman–Crippen MR) is 62.3 cm³/mol. The second kappa shape index (κ2) is 5.04. The minimum absolute atomic E-state index is 0.272. The number of nitrogens with zero attached hydrogens (tertiary/aromatic N) is 1. The summed E-state index contributed by atoms with van der Waals surface area (Å²) in [6.07, 6.45) is 4.64. The highest BCUT2D eigenvalue weighted by Gasteiger charge is 2.34. The van der Waals surface area contributed by atoms with Crippen molar-refractivity contribution >= 4 is 6.09 Å². The summed E-state index contributed by atoms with van der Waals surface area (Å²) in [4.78, 5) is 13.7. The summed E-state index contributed by atoms with van der Waals surface area (Å²) < 4.78 is 4.64. The maximum absolute atomic E-state index is 11.2. The molecule has 16 heavy (non-hydrogen) atoms. The van der Waals surface area contributed by atoms with Crippen molar-refractivity contribution in [2.45, 2.75) is 44.7 Å². The van der Waals surface area contributed by atoms with Crippen molar-refractivity contribution in [3.63, 3.8) is 0 Å². The zero-order valence-electron chi connectivity index (χ0n) is 10.2. The van der Waals surface area contributed by atoms with Crippen LogP contribution in [0.1, 0.15) is 32.6 Å². The molecule has 0 spiro atoms. The van der Waals surface area contributed by atoms with Gasteiger partial charge in [-0.05, 0) is 38.1 Å². The van der Waals surface area contributed by atoms with Gasteiger partial charge in [-0.15, -0.1) is 0 Å². The molecular formula is C12H22N2O2. The molecule has 1 amide bonds. The van der Waals surface area contributed by atoms with Crippen LogP contribution in [0.15, 0.2) is 0 Å². The minimum Gasteiger partial charge on any atom is -0.453 e. The number of piperidine rings is 1. The molecule has 0 bridgehead atoms. The number of hydrogen-bond acceptors (Lipinski definition) is 3. The van der Waals surface area contributed by atoms with Gasteiger partial charge in [0.2, 0.25) is 0 Å². The van der Waals surface area contributed by atoms with Crippen LogP contribution in [0.3, 0.4) is 0 Å². The van der Waals surface area contributed by atoms with Gasteiger partial charge in [0.1, 0.15) is 0 Å². The first-order chi connectivity index (χ1) is 7.70. The Hall–Kier alpha value is -0.770. The number of ether oxygens (including phenoxy) is 1. The van der Waals surface area contributed by atoms with Crippen LogP contribution in [0.5, 0.6) is 0 Å². The first-order valence-corrected chi connectivity index (χ1v) is 6.29. The number of amides is 1. The van der Waals surface area contributed by atoms with Crippen molar-refractivity contribution in [3.05, 3.63) is 0 Å². The fourth-order valence-electron chi connectivity index (χ4n) is 2.84. The molecule has 0 aromatic rings. The normalized spacial score (nSPS) is 35.2. The lowest BCUT2D eigenvalue weighted by Gasteiger charge is -2.46. The van der Waals surface area contributed by atoms with E-state index in [0.717, 1.165) is 24.9 Å². The summed E-state index contributed by atoms with van der Waals surface area (Å²) in [5.41, 5.74) is 0. The molecule has 4 nitrogen and oxygen atoms in total. The molecule has 3 atom stereocenters. The minimum atomic E-state index is -0.298. The third kappa shape index (κ3) is 2.48. The van der Waals surface area contributed by atoms with Crippen molar-refractivity contribution < 1.29 is 9.53 Å². The second-order valence-electron chi connectivity index (χ2n) is 5.09. The smallest absolute Gasteiger partial charge is 0.407 e. The molecule has 1 N–H and O–H groups in total. The maximum atomic E-state index is 11.2. The van der Waals surface area contributed by atoms with Gasteiger partial charge in [0.05, 0.1) is 7.11 Å². The van der Waals surface area contributed by atoms with E-state index in [1.165, 1.54) is 32.9 Å². The molecule has 1 heterocycles. The van der Waals surface area contributed by atoms with Gasteiger partial charge in [-0.25, -0.2) is 4.79 Å². The second-order valence-corrected chi connectivity index (χ2v) is 5.09. The molecule has 92 valence electrons. The summed E-state index contributed by atoms with van der Waals surface area (Å²) in [5.74, 6) is 0.830. The number of likely N-dealkylation sites (tertiary alicyclic amines) is 1. The zero-order valence-corrected chi connectivity index (χ0v) is 10.2. The Morgan fingerprint density at radius 1 is 1.38 bits per heavy atom. The van der Waals surface area contributed by atoms with Gasteiger partial charge in [0, 0.05) is 18.6 Å². The number of nitrogens with one attached hydrogen (secondary N) is 1. The summed E-state index contributed by atoms with van der Waals surface area (Å²) in [5, 5.41) is 2.91. The molecule has 3 unspecified atom stereocenters. The highest BCUT2D eigenvalue weighted by molar-refractivity contribution is 5.67. The Morgan fingerprint density at radius 2 is 2.19 bits per heavy atom. The van der Waals surface area contributed by atoms with Crippen LogP contribution in [0.4, 0.5) is 4.79 Å². The molecule has 0 radical (unpaired) electrons. The van der Waals surface area contributed by atoms with Crippen LogP contribution in [0, 0.1) is 5.92 Å². The van der Waals surface area contributed by atoms with E-state index in [9.17, 15) is 4.79 Å². The first-order valence-electron chi connectivity index (χ1n) is 6.29. The highest BCUT2D eigenvalue weighted by atomic mass is 16.5. The van der Waals surface area contributed by atoms with Crippen molar-refractivity contribution in [3.8, 4) is 0 Å². The molecule has 0 aromatic carbocycles.